The van der Waals surface area contributed by atoms with Gasteiger partial charge in [-0.1, -0.05) is 58.9 Å². The Kier molecular flexibility index (Phi) is 6.01. The predicted octanol–water partition coefficient (Wildman–Crippen LogP) is 4.43. The molecule has 0 saturated carbocycles. The van der Waals surface area contributed by atoms with Crippen LogP contribution in [0.3, 0.4) is 0 Å². The highest BCUT2D eigenvalue weighted by Gasteiger charge is 2.22. The largest absolute Gasteiger partial charge is 0.389 e. The predicted molar refractivity (Wildman–Crippen MR) is 91.6 cm³/mol. The number of nitrogens with one attached hydrogen (secondary N) is 1. The highest BCUT2D eigenvalue weighted by Crippen LogP contribution is 2.24. The number of rotatable bonds is 6. The van der Waals surface area contributed by atoms with Crippen LogP contribution in [0.2, 0.25) is 0 Å². The minimum absolute atomic E-state index is 0.191. The molecule has 0 bridgehead atoms. The lowest BCUT2D eigenvalue weighted by Crippen LogP contribution is -2.39. The molecule has 1 aromatic carbocycles. The molecule has 0 amide bonds. The van der Waals surface area contributed by atoms with E-state index in [9.17, 15) is 5.11 Å². The van der Waals surface area contributed by atoms with Crippen LogP contribution in [0.4, 0.5) is 0 Å². The van der Waals surface area contributed by atoms with Gasteiger partial charge in [-0.3, -0.25) is 0 Å². The molecule has 2 heteroatoms. The molecule has 2 nitrogen and oxygen atoms in total. The van der Waals surface area contributed by atoms with Crippen molar-refractivity contribution >= 4 is 0 Å². The maximum Gasteiger partial charge on any atom is 0.0746 e. The SMILES string of the molecule is CC(C)CC(C)(O)CNC(C)c1ccc(C(C)(C)C)cc1. The Bertz CT molecular complexity index is 426. The zero-order valence-electron chi connectivity index (χ0n) is 14.8. The third-order valence-electron chi connectivity index (χ3n) is 3.91. The Labute approximate surface area is 131 Å². The molecule has 0 aliphatic heterocycles. The lowest BCUT2D eigenvalue weighted by atomic mass is 9.86. The van der Waals surface area contributed by atoms with Crippen LogP contribution in [0.15, 0.2) is 24.3 Å². The second-order valence-electron chi connectivity index (χ2n) is 8.07. The van der Waals surface area contributed by atoms with Gasteiger partial charge in [0, 0.05) is 12.6 Å². The summed E-state index contributed by atoms with van der Waals surface area (Å²) in [6.45, 7) is 15.7. The number of benzene rings is 1. The van der Waals surface area contributed by atoms with E-state index in [1.54, 1.807) is 0 Å². The van der Waals surface area contributed by atoms with Gasteiger partial charge in [-0.05, 0) is 42.7 Å². The zero-order chi connectivity index (χ0) is 16.3. The molecule has 0 fully saturated rings. The van der Waals surface area contributed by atoms with Crippen LogP contribution in [0.25, 0.3) is 0 Å². The molecule has 1 rings (SSSR count). The van der Waals surface area contributed by atoms with E-state index in [2.05, 4.69) is 71.1 Å². The third-order valence-corrected chi connectivity index (χ3v) is 3.91. The summed E-state index contributed by atoms with van der Waals surface area (Å²) in [4.78, 5) is 0. The number of hydrogen-bond donors (Lipinski definition) is 2. The monoisotopic (exact) mass is 291 g/mol. The molecule has 1 aromatic rings. The lowest BCUT2D eigenvalue weighted by molar-refractivity contribution is 0.0363. The van der Waals surface area contributed by atoms with E-state index in [0.717, 1.165) is 6.42 Å². The fourth-order valence-electron chi connectivity index (χ4n) is 2.71. The van der Waals surface area contributed by atoms with Crippen molar-refractivity contribution in [1.29, 1.82) is 0 Å². The fraction of sp³-hybridized carbons (Fsp3) is 0.684. The van der Waals surface area contributed by atoms with Crippen LogP contribution in [0.5, 0.6) is 0 Å². The Morgan fingerprint density at radius 2 is 1.52 bits per heavy atom. The first-order chi connectivity index (χ1) is 9.51. The second kappa shape index (κ2) is 6.93. The molecule has 21 heavy (non-hydrogen) atoms. The molecule has 0 saturated heterocycles. The average Bonchev–Trinajstić information content (AvgIpc) is 2.33. The van der Waals surface area contributed by atoms with Crippen molar-refractivity contribution in [2.45, 2.75) is 71.9 Å². The summed E-state index contributed by atoms with van der Waals surface area (Å²) >= 11 is 0. The molecular weight excluding hydrogens is 258 g/mol. The van der Waals surface area contributed by atoms with Crippen LogP contribution >= 0.6 is 0 Å². The van der Waals surface area contributed by atoms with Crippen molar-refractivity contribution < 1.29 is 5.11 Å². The minimum Gasteiger partial charge on any atom is -0.389 e. The molecule has 0 aliphatic rings. The van der Waals surface area contributed by atoms with Gasteiger partial charge in [-0.15, -0.1) is 0 Å². The highest BCUT2D eigenvalue weighted by atomic mass is 16.3. The van der Waals surface area contributed by atoms with Gasteiger partial charge in [0.25, 0.3) is 0 Å². The molecule has 2 unspecified atom stereocenters. The van der Waals surface area contributed by atoms with E-state index in [-0.39, 0.29) is 11.5 Å². The molecule has 2 N–H and O–H groups in total. The molecule has 0 aliphatic carbocycles. The Morgan fingerprint density at radius 1 is 1.00 bits per heavy atom. The first kappa shape index (κ1) is 18.2. The van der Waals surface area contributed by atoms with E-state index in [0.29, 0.717) is 12.5 Å². The smallest absolute Gasteiger partial charge is 0.0746 e. The maximum absolute atomic E-state index is 10.4. The molecule has 0 spiro atoms. The van der Waals surface area contributed by atoms with E-state index in [4.69, 9.17) is 0 Å². The third kappa shape index (κ3) is 6.19. The summed E-state index contributed by atoms with van der Waals surface area (Å²) in [7, 11) is 0. The van der Waals surface area contributed by atoms with E-state index < -0.39 is 5.60 Å². The van der Waals surface area contributed by atoms with Gasteiger partial charge in [0.15, 0.2) is 0 Å². The van der Waals surface area contributed by atoms with Crippen LogP contribution < -0.4 is 5.32 Å². The summed E-state index contributed by atoms with van der Waals surface area (Å²) < 4.78 is 0. The Balaban J connectivity index is 2.62. The minimum atomic E-state index is -0.645. The normalized spacial score (nSPS) is 16.8. The summed E-state index contributed by atoms with van der Waals surface area (Å²) in [6.07, 6.45) is 0.815. The highest BCUT2D eigenvalue weighted by molar-refractivity contribution is 5.29. The van der Waals surface area contributed by atoms with Crippen molar-refractivity contribution in [2.24, 2.45) is 5.92 Å². The van der Waals surface area contributed by atoms with Gasteiger partial charge in [0.1, 0.15) is 0 Å². The van der Waals surface area contributed by atoms with Crippen molar-refractivity contribution in [3.05, 3.63) is 35.4 Å². The Hall–Kier alpha value is -0.860. The van der Waals surface area contributed by atoms with Gasteiger partial charge in [-0.2, -0.15) is 0 Å². The van der Waals surface area contributed by atoms with Gasteiger partial charge in [0.05, 0.1) is 5.60 Å². The van der Waals surface area contributed by atoms with Crippen molar-refractivity contribution in [1.82, 2.24) is 5.32 Å². The second-order valence-corrected chi connectivity index (χ2v) is 8.07. The van der Waals surface area contributed by atoms with E-state index >= 15 is 0 Å². The van der Waals surface area contributed by atoms with E-state index in [1.807, 2.05) is 6.92 Å². The van der Waals surface area contributed by atoms with Crippen molar-refractivity contribution in [2.75, 3.05) is 6.54 Å². The Morgan fingerprint density at radius 3 is 1.95 bits per heavy atom. The van der Waals surface area contributed by atoms with Crippen LogP contribution in [0, 0.1) is 5.92 Å². The standard InChI is InChI=1S/C19H33NO/c1-14(2)12-19(7,21)13-20-15(3)16-8-10-17(11-9-16)18(4,5)6/h8-11,14-15,20-21H,12-13H2,1-7H3. The van der Waals surface area contributed by atoms with Crippen molar-refractivity contribution in [3.8, 4) is 0 Å². The van der Waals surface area contributed by atoms with Gasteiger partial charge in [-0.25, -0.2) is 0 Å². The molecule has 0 aromatic heterocycles. The zero-order valence-corrected chi connectivity index (χ0v) is 14.8. The molecular formula is C19H33NO. The molecule has 0 radical (unpaired) electrons. The summed E-state index contributed by atoms with van der Waals surface area (Å²) in [5, 5.41) is 13.8. The lowest BCUT2D eigenvalue weighted by Gasteiger charge is -2.28. The van der Waals surface area contributed by atoms with E-state index in [1.165, 1.54) is 11.1 Å². The van der Waals surface area contributed by atoms with Gasteiger partial charge >= 0.3 is 0 Å². The first-order valence-corrected chi connectivity index (χ1v) is 8.07. The topological polar surface area (TPSA) is 32.3 Å². The molecule has 2 atom stereocenters. The number of aliphatic hydroxyl groups is 1. The fourth-order valence-corrected chi connectivity index (χ4v) is 2.71. The van der Waals surface area contributed by atoms with Crippen LogP contribution in [-0.2, 0) is 5.41 Å². The quantitative estimate of drug-likeness (QED) is 0.812. The molecule has 0 heterocycles. The maximum atomic E-state index is 10.4. The average molecular weight is 291 g/mol. The summed E-state index contributed by atoms with van der Waals surface area (Å²) in [5.41, 5.74) is 2.16. The van der Waals surface area contributed by atoms with Crippen LogP contribution in [-0.4, -0.2) is 17.3 Å². The van der Waals surface area contributed by atoms with Crippen molar-refractivity contribution in [3.63, 3.8) is 0 Å². The summed E-state index contributed by atoms with van der Waals surface area (Å²) in [5.74, 6) is 0.503. The van der Waals surface area contributed by atoms with Crippen LogP contribution in [0.1, 0.15) is 72.1 Å². The van der Waals surface area contributed by atoms with Gasteiger partial charge in [0.2, 0.25) is 0 Å². The summed E-state index contributed by atoms with van der Waals surface area (Å²) in [6, 6.07) is 9.04. The first-order valence-electron chi connectivity index (χ1n) is 8.07. The number of hydrogen-bond acceptors (Lipinski definition) is 2. The van der Waals surface area contributed by atoms with Gasteiger partial charge < -0.3 is 10.4 Å². The molecule has 120 valence electrons.